The summed E-state index contributed by atoms with van der Waals surface area (Å²) in [6.07, 6.45) is 0. The molecule has 0 bridgehead atoms. The Morgan fingerprint density at radius 2 is 1.10 bits per heavy atom. The molecule has 7 aromatic rings. The van der Waals surface area contributed by atoms with E-state index in [0.717, 1.165) is 28.2 Å². The molecule has 0 aliphatic rings. The lowest BCUT2D eigenvalue weighted by Crippen LogP contribution is -2.10. The van der Waals surface area contributed by atoms with Crippen LogP contribution in [0.15, 0.2) is 127 Å². The maximum atomic E-state index is 10.6. The van der Waals surface area contributed by atoms with Gasteiger partial charge >= 0.3 is 0 Å². The standard InChI is InChI=1S/C36H25NO2/c1-24-5-15-30(16-6-24)37(31-17-9-25(10-18-31)26-11-19-32(20-12-26)39-23-38)34-22-14-29-8-7-27-3-2-4-28-13-21-33(34)36(29)35(27)28/h2-23H,1H3. The van der Waals surface area contributed by atoms with E-state index in [0.29, 0.717) is 12.2 Å². The van der Waals surface area contributed by atoms with Gasteiger partial charge in [-0.05, 0) is 87.4 Å². The van der Waals surface area contributed by atoms with Gasteiger partial charge in [0.1, 0.15) is 5.75 Å². The van der Waals surface area contributed by atoms with E-state index in [1.54, 1.807) is 12.1 Å². The third-order valence-electron chi connectivity index (χ3n) is 7.54. The number of aryl methyl sites for hydroxylation is 1. The maximum Gasteiger partial charge on any atom is 0.298 e. The molecule has 3 heteroatoms. The lowest BCUT2D eigenvalue weighted by atomic mass is 9.93. The molecule has 0 heterocycles. The summed E-state index contributed by atoms with van der Waals surface area (Å²) >= 11 is 0. The van der Waals surface area contributed by atoms with Gasteiger partial charge in [0.15, 0.2) is 0 Å². The van der Waals surface area contributed by atoms with Crippen LogP contribution in [-0.2, 0) is 4.79 Å². The highest BCUT2D eigenvalue weighted by Gasteiger charge is 2.18. The largest absolute Gasteiger partial charge is 0.429 e. The SMILES string of the molecule is Cc1ccc(N(c2ccc(-c3ccc(OC=O)cc3)cc2)c2ccc3ccc4cccc5ccc2c3c45)cc1. The highest BCUT2D eigenvalue weighted by atomic mass is 16.5. The minimum Gasteiger partial charge on any atom is -0.429 e. The van der Waals surface area contributed by atoms with Gasteiger partial charge in [-0.25, -0.2) is 0 Å². The first-order valence-corrected chi connectivity index (χ1v) is 13.0. The van der Waals surface area contributed by atoms with Crippen molar-refractivity contribution in [3.63, 3.8) is 0 Å². The topological polar surface area (TPSA) is 29.5 Å². The molecule has 7 aromatic carbocycles. The van der Waals surface area contributed by atoms with E-state index in [4.69, 9.17) is 4.74 Å². The van der Waals surface area contributed by atoms with Crippen LogP contribution in [0.25, 0.3) is 43.4 Å². The molecule has 0 amide bonds. The molecule has 0 radical (unpaired) electrons. The summed E-state index contributed by atoms with van der Waals surface area (Å²) in [6, 6.07) is 44.8. The minimum absolute atomic E-state index is 0.447. The van der Waals surface area contributed by atoms with Gasteiger partial charge < -0.3 is 9.64 Å². The number of carbonyl (C=O) groups excluding carboxylic acids is 1. The number of hydrogen-bond acceptors (Lipinski definition) is 3. The first kappa shape index (κ1) is 23.0. The molecule has 0 aliphatic heterocycles. The molecule has 0 unspecified atom stereocenters. The van der Waals surface area contributed by atoms with E-state index in [-0.39, 0.29) is 0 Å². The molecule has 0 fully saturated rings. The monoisotopic (exact) mass is 503 g/mol. The van der Waals surface area contributed by atoms with E-state index in [1.807, 2.05) is 12.1 Å². The first-order valence-electron chi connectivity index (χ1n) is 13.0. The number of hydrogen-bond donors (Lipinski definition) is 0. The number of nitrogens with zero attached hydrogens (tertiary/aromatic N) is 1. The minimum atomic E-state index is 0.447. The summed E-state index contributed by atoms with van der Waals surface area (Å²) in [5, 5.41) is 7.62. The highest BCUT2D eigenvalue weighted by Crippen LogP contribution is 2.44. The van der Waals surface area contributed by atoms with Crippen LogP contribution < -0.4 is 9.64 Å². The van der Waals surface area contributed by atoms with Crippen molar-refractivity contribution in [1.29, 1.82) is 0 Å². The van der Waals surface area contributed by atoms with Crippen molar-refractivity contribution in [3.05, 3.63) is 133 Å². The van der Waals surface area contributed by atoms with Gasteiger partial charge in [0, 0.05) is 16.8 Å². The fourth-order valence-corrected chi connectivity index (χ4v) is 5.62. The average Bonchev–Trinajstić information content (AvgIpc) is 2.98. The molecule has 7 rings (SSSR count). The summed E-state index contributed by atoms with van der Waals surface area (Å²) in [5.74, 6) is 0.532. The smallest absolute Gasteiger partial charge is 0.298 e. The molecule has 0 spiro atoms. The lowest BCUT2D eigenvalue weighted by molar-refractivity contribution is -0.120. The van der Waals surface area contributed by atoms with Crippen LogP contribution >= 0.6 is 0 Å². The van der Waals surface area contributed by atoms with Crippen LogP contribution in [-0.4, -0.2) is 6.47 Å². The van der Waals surface area contributed by atoms with Gasteiger partial charge in [-0.1, -0.05) is 90.5 Å². The first-order chi connectivity index (χ1) is 19.2. The van der Waals surface area contributed by atoms with Crippen LogP contribution in [0.4, 0.5) is 17.1 Å². The summed E-state index contributed by atoms with van der Waals surface area (Å²) in [7, 11) is 0. The van der Waals surface area contributed by atoms with E-state index in [9.17, 15) is 4.79 Å². The van der Waals surface area contributed by atoms with Crippen molar-refractivity contribution >= 4 is 55.9 Å². The molecule has 0 atom stereocenters. The Hall–Kier alpha value is -5.15. The Morgan fingerprint density at radius 1 is 0.564 bits per heavy atom. The van der Waals surface area contributed by atoms with E-state index < -0.39 is 0 Å². The predicted molar refractivity (Wildman–Crippen MR) is 162 cm³/mol. The molecule has 0 aliphatic carbocycles. The molecular formula is C36H25NO2. The van der Waals surface area contributed by atoms with Crippen molar-refractivity contribution in [2.75, 3.05) is 4.90 Å². The Labute approximate surface area is 226 Å². The molecule has 3 nitrogen and oxygen atoms in total. The Balaban J connectivity index is 1.39. The van der Waals surface area contributed by atoms with Crippen molar-refractivity contribution in [2.45, 2.75) is 6.92 Å². The van der Waals surface area contributed by atoms with Crippen molar-refractivity contribution < 1.29 is 9.53 Å². The number of ether oxygens (including phenoxy) is 1. The summed E-state index contributed by atoms with van der Waals surface area (Å²) in [5.41, 5.74) is 6.72. The van der Waals surface area contributed by atoms with Crippen molar-refractivity contribution in [1.82, 2.24) is 0 Å². The Morgan fingerprint density at radius 3 is 1.74 bits per heavy atom. The highest BCUT2D eigenvalue weighted by molar-refractivity contribution is 6.25. The van der Waals surface area contributed by atoms with Crippen LogP contribution in [0.3, 0.4) is 0 Å². The van der Waals surface area contributed by atoms with Crippen molar-refractivity contribution in [2.24, 2.45) is 0 Å². The number of carbonyl (C=O) groups is 1. The molecule has 0 saturated carbocycles. The summed E-state index contributed by atoms with van der Waals surface area (Å²) < 4.78 is 4.94. The maximum absolute atomic E-state index is 10.6. The van der Waals surface area contributed by atoms with Crippen LogP contribution in [0.5, 0.6) is 5.75 Å². The fourth-order valence-electron chi connectivity index (χ4n) is 5.62. The number of rotatable bonds is 6. The van der Waals surface area contributed by atoms with Gasteiger partial charge in [-0.15, -0.1) is 0 Å². The third kappa shape index (κ3) is 3.96. The second-order valence-corrected chi connectivity index (χ2v) is 9.90. The Kier molecular flexibility index (Phi) is 5.49. The van der Waals surface area contributed by atoms with Crippen LogP contribution in [0.2, 0.25) is 0 Å². The van der Waals surface area contributed by atoms with Crippen LogP contribution in [0, 0.1) is 6.92 Å². The summed E-state index contributed by atoms with van der Waals surface area (Å²) in [4.78, 5) is 13.0. The van der Waals surface area contributed by atoms with Gasteiger partial charge in [0.25, 0.3) is 6.47 Å². The number of anilines is 3. The molecule has 186 valence electrons. The molecule has 0 saturated heterocycles. The van der Waals surface area contributed by atoms with E-state index in [1.165, 1.54) is 37.9 Å². The van der Waals surface area contributed by atoms with E-state index >= 15 is 0 Å². The third-order valence-corrected chi connectivity index (χ3v) is 7.54. The zero-order valence-electron chi connectivity index (χ0n) is 21.5. The second kappa shape index (κ2) is 9.30. The lowest BCUT2D eigenvalue weighted by Gasteiger charge is -2.28. The molecule has 39 heavy (non-hydrogen) atoms. The summed E-state index contributed by atoms with van der Waals surface area (Å²) in [6.45, 7) is 2.56. The molecule has 0 aromatic heterocycles. The molecule has 0 N–H and O–H groups in total. The van der Waals surface area contributed by atoms with Crippen LogP contribution in [0.1, 0.15) is 5.56 Å². The van der Waals surface area contributed by atoms with Gasteiger partial charge in [-0.3, -0.25) is 4.79 Å². The molecular weight excluding hydrogens is 478 g/mol. The van der Waals surface area contributed by atoms with Crippen molar-refractivity contribution in [3.8, 4) is 16.9 Å². The van der Waals surface area contributed by atoms with Gasteiger partial charge in [-0.2, -0.15) is 0 Å². The fraction of sp³-hybridized carbons (Fsp3) is 0.0278. The van der Waals surface area contributed by atoms with Gasteiger partial charge in [0.2, 0.25) is 0 Å². The number of benzene rings is 7. The zero-order chi connectivity index (χ0) is 26.3. The van der Waals surface area contributed by atoms with Gasteiger partial charge in [0.05, 0.1) is 5.69 Å². The average molecular weight is 504 g/mol. The predicted octanol–water partition coefficient (Wildman–Crippen LogP) is 9.56. The Bertz CT molecular complexity index is 1920. The quantitative estimate of drug-likeness (QED) is 0.167. The second-order valence-electron chi connectivity index (χ2n) is 9.90. The zero-order valence-corrected chi connectivity index (χ0v) is 21.5. The normalized spacial score (nSPS) is 11.3. The van der Waals surface area contributed by atoms with E-state index in [2.05, 4.69) is 115 Å².